The van der Waals surface area contributed by atoms with E-state index >= 15 is 0 Å². The third-order valence-electron chi connectivity index (χ3n) is 5.82. The summed E-state index contributed by atoms with van der Waals surface area (Å²) in [4.78, 5) is 16.9. The number of hydrogen-bond acceptors (Lipinski definition) is 6. The molecule has 1 aromatic heterocycles. The van der Waals surface area contributed by atoms with E-state index in [4.69, 9.17) is 0 Å². The molecule has 1 amide bonds. The zero-order valence-corrected chi connectivity index (χ0v) is 18.1. The van der Waals surface area contributed by atoms with Crippen LogP contribution in [0.15, 0.2) is 58.8 Å². The lowest BCUT2D eigenvalue weighted by molar-refractivity contribution is -0.117. The summed E-state index contributed by atoms with van der Waals surface area (Å²) in [7, 11) is -3.56. The Kier molecular flexibility index (Phi) is 5.36. The molecule has 7 nitrogen and oxygen atoms in total. The molecule has 4 rings (SSSR count). The lowest BCUT2D eigenvalue weighted by atomic mass is 10.1. The molecule has 0 saturated heterocycles. The third-order valence-corrected chi connectivity index (χ3v) is 7.98. The number of benzene rings is 1. The molecule has 2 aliphatic rings. The van der Waals surface area contributed by atoms with Gasteiger partial charge in [0.25, 0.3) is 0 Å². The second kappa shape index (κ2) is 7.83. The van der Waals surface area contributed by atoms with Gasteiger partial charge in [-0.05, 0) is 69.0 Å². The summed E-state index contributed by atoms with van der Waals surface area (Å²) < 4.78 is 26.1. The number of aromatic nitrogens is 1. The zero-order chi connectivity index (χ0) is 21.5. The van der Waals surface area contributed by atoms with Crippen LogP contribution in [-0.2, 0) is 14.6 Å². The minimum Gasteiger partial charge on any atom is -0.326 e. The van der Waals surface area contributed by atoms with Gasteiger partial charge in [-0.1, -0.05) is 6.07 Å². The summed E-state index contributed by atoms with van der Waals surface area (Å²) in [6.45, 7) is 5.84. The average Bonchev–Trinajstić information content (AvgIpc) is 3.43. The molecule has 0 radical (unpaired) electrons. The minimum atomic E-state index is -3.56. The molecule has 1 aliphatic carbocycles. The highest BCUT2D eigenvalue weighted by molar-refractivity contribution is 7.92. The standard InChI is InChI=1S/C22H26N4O3S/c1-14(2)26-15(3)21(13-24-26)30(28,29)18-8-6-17(7-9-18)25-22(27)20-11-19(20)16-5-4-10-23-12-16/h4-10,12-15,19-21H,11H2,1-3H3,(H,25,27). The Balaban J connectivity index is 1.41. The highest BCUT2D eigenvalue weighted by Crippen LogP contribution is 2.47. The van der Waals surface area contributed by atoms with Crippen LogP contribution in [0.25, 0.3) is 0 Å². The van der Waals surface area contributed by atoms with Crippen molar-refractivity contribution >= 4 is 27.6 Å². The molecular weight excluding hydrogens is 400 g/mol. The fraction of sp³-hybridized carbons (Fsp3) is 0.409. The van der Waals surface area contributed by atoms with Crippen LogP contribution in [0.2, 0.25) is 0 Å². The van der Waals surface area contributed by atoms with Crippen molar-refractivity contribution in [3.8, 4) is 0 Å². The van der Waals surface area contributed by atoms with Gasteiger partial charge in [-0.3, -0.25) is 14.8 Å². The molecule has 1 aliphatic heterocycles. The van der Waals surface area contributed by atoms with E-state index in [9.17, 15) is 13.2 Å². The van der Waals surface area contributed by atoms with Crippen molar-refractivity contribution in [2.75, 3.05) is 5.32 Å². The largest absolute Gasteiger partial charge is 0.326 e. The number of nitrogens with zero attached hydrogens (tertiary/aromatic N) is 3. The number of sulfone groups is 1. The van der Waals surface area contributed by atoms with E-state index in [1.165, 1.54) is 6.21 Å². The van der Waals surface area contributed by atoms with Gasteiger partial charge < -0.3 is 5.32 Å². The zero-order valence-electron chi connectivity index (χ0n) is 17.3. The maximum atomic E-state index is 13.1. The van der Waals surface area contributed by atoms with E-state index < -0.39 is 15.1 Å². The van der Waals surface area contributed by atoms with Crippen LogP contribution in [0.1, 0.15) is 38.7 Å². The number of carbonyl (C=O) groups excluding carboxylic acids is 1. The second-order valence-corrected chi connectivity index (χ2v) is 10.3. The van der Waals surface area contributed by atoms with E-state index in [-0.39, 0.29) is 34.7 Å². The van der Waals surface area contributed by atoms with Gasteiger partial charge in [0.1, 0.15) is 5.25 Å². The van der Waals surface area contributed by atoms with Crippen molar-refractivity contribution in [3.05, 3.63) is 54.4 Å². The maximum Gasteiger partial charge on any atom is 0.228 e. The molecule has 4 unspecified atom stereocenters. The van der Waals surface area contributed by atoms with E-state index in [2.05, 4.69) is 15.4 Å². The normalized spacial score (nSPS) is 25.5. The summed E-state index contributed by atoms with van der Waals surface area (Å²) in [5.41, 5.74) is 1.66. The van der Waals surface area contributed by atoms with Gasteiger partial charge >= 0.3 is 0 Å². The van der Waals surface area contributed by atoms with Crippen LogP contribution in [0, 0.1) is 5.92 Å². The van der Waals surface area contributed by atoms with Gasteiger partial charge in [0, 0.05) is 36.3 Å². The molecule has 8 heteroatoms. The number of pyridine rings is 1. The molecule has 4 atom stereocenters. The van der Waals surface area contributed by atoms with E-state index in [0.717, 1.165) is 12.0 Å². The Morgan fingerprint density at radius 2 is 1.93 bits per heavy atom. The fourth-order valence-electron chi connectivity index (χ4n) is 4.03. The minimum absolute atomic E-state index is 0.0522. The second-order valence-electron chi connectivity index (χ2n) is 8.24. The molecule has 1 N–H and O–H groups in total. The van der Waals surface area contributed by atoms with Crippen molar-refractivity contribution in [2.24, 2.45) is 11.0 Å². The molecule has 30 heavy (non-hydrogen) atoms. The number of anilines is 1. The molecule has 0 bridgehead atoms. The lowest BCUT2D eigenvalue weighted by Crippen LogP contribution is -2.40. The van der Waals surface area contributed by atoms with Crippen LogP contribution < -0.4 is 5.32 Å². The molecule has 2 heterocycles. The number of amides is 1. The van der Waals surface area contributed by atoms with Crippen LogP contribution >= 0.6 is 0 Å². The van der Waals surface area contributed by atoms with Crippen molar-refractivity contribution in [1.29, 1.82) is 0 Å². The van der Waals surface area contributed by atoms with Crippen LogP contribution in [0.4, 0.5) is 5.69 Å². The van der Waals surface area contributed by atoms with Crippen LogP contribution in [0.3, 0.4) is 0 Å². The average molecular weight is 427 g/mol. The van der Waals surface area contributed by atoms with E-state index in [1.54, 1.807) is 36.7 Å². The summed E-state index contributed by atoms with van der Waals surface area (Å²) in [5.74, 6) is 0.0733. The highest BCUT2D eigenvalue weighted by atomic mass is 32.2. The Labute approximate surface area is 177 Å². The van der Waals surface area contributed by atoms with Gasteiger partial charge in [-0.25, -0.2) is 8.42 Å². The van der Waals surface area contributed by atoms with Crippen molar-refractivity contribution in [3.63, 3.8) is 0 Å². The number of hydrazone groups is 1. The van der Waals surface area contributed by atoms with Crippen molar-refractivity contribution in [2.45, 2.75) is 55.3 Å². The van der Waals surface area contributed by atoms with Gasteiger partial charge in [-0.15, -0.1) is 0 Å². The quantitative estimate of drug-likeness (QED) is 0.766. The number of carbonyl (C=O) groups is 1. The topological polar surface area (TPSA) is 91.7 Å². The molecule has 1 saturated carbocycles. The Bertz CT molecular complexity index is 1050. The Hall–Kier alpha value is -2.74. The Morgan fingerprint density at radius 3 is 2.53 bits per heavy atom. The first-order valence-corrected chi connectivity index (χ1v) is 11.7. The third kappa shape index (κ3) is 3.84. The smallest absolute Gasteiger partial charge is 0.228 e. The highest BCUT2D eigenvalue weighted by Gasteiger charge is 2.44. The molecular formula is C22H26N4O3S. The van der Waals surface area contributed by atoms with Gasteiger partial charge in [0.2, 0.25) is 5.91 Å². The molecule has 158 valence electrons. The first-order chi connectivity index (χ1) is 14.3. The van der Waals surface area contributed by atoms with E-state index in [1.807, 2.05) is 37.9 Å². The van der Waals surface area contributed by atoms with Crippen LogP contribution in [-0.4, -0.2) is 47.9 Å². The molecule has 1 aromatic carbocycles. The monoisotopic (exact) mass is 426 g/mol. The van der Waals surface area contributed by atoms with Crippen molar-refractivity contribution < 1.29 is 13.2 Å². The molecule has 2 aromatic rings. The van der Waals surface area contributed by atoms with Crippen LogP contribution in [0.5, 0.6) is 0 Å². The van der Waals surface area contributed by atoms with Gasteiger partial charge in [-0.2, -0.15) is 5.10 Å². The van der Waals surface area contributed by atoms with E-state index in [0.29, 0.717) is 5.69 Å². The number of hydrogen-bond donors (Lipinski definition) is 1. The molecule has 1 fully saturated rings. The summed E-state index contributed by atoms with van der Waals surface area (Å²) >= 11 is 0. The predicted molar refractivity (Wildman–Crippen MR) is 116 cm³/mol. The fourth-order valence-corrected chi connectivity index (χ4v) is 5.72. The van der Waals surface area contributed by atoms with Crippen molar-refractivity contribution in [1.82, 2.24) is 9.99 Å². The lowest BCUT2D eigenvalue weighted by Gasteiger charge is -2.27. The summed E-state index contributed by atoms with van der Waals surface area (Å²) in [5, 5.41) is 8.29. The maximum absolute atomic E-state index is 13.1. The first kappa shape index (κ1) is 20.5. The summed E-state index contributed by atoms with van der Waals surface area (Å²) in [6.07, 6.45) is 5.83. The Morgan fingerprint density at radius 1 is 1.20 bits per heavy atom. The summed E-state index contributed by atoms with van der Waals surface area (Å²) in [6, 6.07) is 10.1. The predicted octanol–water partition coefficient (Wildman–Crippen LogP) is 3.06. The SMILES string of the molecule is CC(C)N1N=CC(S(=O)(=O)c2ccc(NC(=O)C3CC3c3cccnc3)cc2)C1C. The van der Waals surface area contributed by atoms with Gasteiger partial charge in [0.15, 0.2) is 9.84 Å². The number of rotatable bonds is 6. The first-order valence-electron chi connectivity index (χ1n) is 10.2. The number of nitrogens with one attached hydrogen (secondary N) is 1. The molecule has 0 spiro atoms. The van der Waals surface area contributed by atoms with Gasteiger partial charge in [0.05, 0.1) is 10.9 Å².